The Morgan fingerprint density at radius 1 is 1.07 bits per heavy atom. The molecule has 1 aliphatic rings. The smallest absolute Gasteiger partial charge is 0.496 e. The molecule has 156 valence electrons. The quantitative estimate of drug-likeness (QED) is 0.603. The van der Waals surface area contributed by atoms with E-state index < -0.39 is 24.1 Å². The first-order valence-corrected chi connectivity index (χ1v) is 9.72. The number of halogens is 1. The lowest BCUT2D eigenvalue weighted by molar-refractivity contribution is 0.00578. The zero-order valence-electron chi connectivity index (χ0n) is 17.7. The van der Waals surface area contributed by atoms with Crippen LogP contribution in [0.2, 0.25) is 0 Å². The molecule has 3 heterocycles. The lowest BCUT2D eigenvalue weighted by Crippen LogP contribution is -2.41. The van der Waals surface area contributed by atoms with Crippen molar-refractivity contribution in [1.29, 1.82) is 0 Å². The number of methoxy groups -OCH3 is 1. The van der Waals surface area contributed by atoms with Gasteiger partial charge in [0, 0.05) is 11.7 Å². The summed E-state index contributed by atoms with van der Waals surface area (Å²) < 4.78 is 33.5. The van der Waals surface area contributed by atoms with E-state index in [1.54, 1.807) is 24.3 Å². The number of hydrogen-bond donors (Lipinski definition) is 0. The first-order chi connectivity index (χ1) is 14.2. The third kappa shape index (κ3) is 3.82. The Bertz CT molecular complexity index is 1040. The Hall–Kier alpha value is -2.78. The van der Waals surface area contributed by atoms with Crippen LogP contribution in [0.25, 0.3) is 11.5 Å². The van der Waals surface area contributed by atoms with Crippen LogP contribution in [0.4, 0.5) is 4.39 Å². The van der Waals surface area contributed by atoms with Crippen molar-refractivity contribution in [2.45, 2.75) is 45.4 Å². The summed E-state index contributed by atoms with van der Waals surface area (Å²) in [5, 5.41) is 4.36. The summed E-state index contributed by atoms with van der Waals surface area (Å²) in [5.74, 6) is 0.484. The molecule has 1 aromatic carbocycles. The molecule has 3 aromatic rings. The summed E-state index contributed by atoms with van der Waals surface area (Å²) in [7, 11) is 0.949. The number of pyridine rings is 1. The first kappa shape index (κ1) is 20.5. The summed E-state index contributed by atoms with van der Waals surface area (Å²) in [5.41, 5.74) is 0.622. The molecule has 9 heteroatoms. The minimum absolute atomic E-state index is 0.0868. The molecule has 0 bridgehead atoms. The van der Waals surface area contributed by atoms with Gasteiger partial charge in [0.05, 0.1) is 24.9 Å². The van der Waals surface area contributed by atoms with Crippen molar-refractivity contribution in [3.63, 3.8) is 0 Å². The predicted molar refractivity (Wildman–Crippen MR) is 111 cm³/mol. The molecular formula is C21H24BFN4O3. The van der Waals surface area contributed by atoms with Crippen LogP contribution in [0.1, 0.15) is 33.3 Å². The van der Waals surface area contributed by atoms with Gasteiger partial charge in [0.2, 0.25) is 5.82 Å². The molecule has 1 saturated heterocycles. The van der Waals surface area contributed by atoms with Gasteiger partial charge in [-0.3, -0.25) is 4.98 Å². The summed E-state index contributed by atoms with van der Waals surface area (Å²) >= 11 is 0. The Labute approximate surface area is 175 Å². The maximum absolute atomic E-state index is 14.8. The van der Waals surface area contributed by atoms with Crippen molar-refractivity contribution in [3.05, 3.63) is 54.2 Å². The molecule has 30 heavy (non-hydrogen) atoms. The summed E-state index contributed by atoms with van der Waals surface area (Å²) in [6, 6.07) is 9.01. The molecule has 0 spiro atoms. The fraction of sp³-hybridized carbons (Fsp3) is 0.381. The monoisotopic (exact) mass is 410 g/mol. The SMILES string of the molecule is COc1ccc(Cn2cnc(-c3ncc(B4OC(C)(C)C(C)(C)O4)cc3F)n2)cc1. The van der Waals surface area contributed by atoms with Gasteiger partial charge in [-0.05, 0) is 51.5 Å². The molecule has 0 atom stereocenters. The average molecular weight is 410 g/mol. The van der Waals surface area contributed by atoms with Gasteiger partial charge in [-0.2, -0.15) is 0 Å². The van der Waals surface area contributed by atoms with Gasteiger partial charge in [0.25, 0.3) is 0 Å². The van der Waals surface area contributed by atoms with Crippen LogP contribution < -0.4 is 10.2 Å². The first-order valence-electron chi connectivity index (χ1n) is 9.72. The number of ether oxygens (including phenoxy) is 1. The zero-order chi connectivity index (χ0) is 21.5. The van der Waals surface area contributed by atoms with Gasteiger partial charge in [0.15, 0.2) is 5.82 Å². The minimum atomic E-state index is -0.674. The topological polar surface area (TPSA) is 71.3 Å². The van der Waals surface area contributed by atoms with E-state index in [4.69, 9.17) is 14.0 Å². The van der Waals surface area contributed by atoms with Crippen LogP contribution >= 0.6 is 0 Å². The Kier molecular flexibility index (Phi) is 5.11. The number of nitrogens with zero attached hydrogens (tertiary/aromatic N) is 4. The lowest BCUT2D eigenvalue weighted by Gasteiger charge is -2.32. The number of benzene rings is 1. The highest BCUT2D eigenvalue weighted by Gasteiger charge is 2.52. The molecule has 1 fully saturated rings. The van der Waals surface area contributed by atoms with Crippen molar-refractivity contribution >= 4 is 12.6 Å². The fourth-order valence-electron chi connectivity index (χ4n) is 3.12. The zero-order valence-corrected chi connectivity index (χ0v) is 17.7. The van der Waals surface area contributed by atoms with Gasteiger partial charge in [-0.15, -0.1) is 5.10 Å². The van der Waals surface area contributed by atoms with E-state index in [-0.39, 0.29) is 11.5 Å². The van der Waals surface area contributed by atoms with Crippen molar-refractivity contribution in [3.8, 4) is 17.3 Å². The van der Waals surface area contributed by atoms with E-state index in [0.717, 1.165) is 11.3 Å². The molecule has 7 nitrogen and oxygen atoms in total. The van der Waals surface area contributed by atoms with E-state index in [0.29, 0.717) is 12.0 Å². The van der Waals surface area contributed by atoms with Gasteiger partial charge in [-0.25, -0.2) is 14.1 Å². The fourth-order valence-corrected chi connectivity index (χ4v) is 3.12. The third-order valence-corrected chi connectivity index (χ3v) is 5.64. The van der Waals surface area contributed by atoms with Crippen LogP contribution in [-0.4, -0.2) is 45.2 Å². The van der Waals surface area contributed by atoms with Crippen molar-refractivity contribution in [2.75, 3.05) is 7.11 Å². The minimum Gasteiger partial charge on any atom is -0.497 e. The van der Waals surface area contributed by atoms with Gasteiger partial charge >= 0.3 is 7.12 Å². The van der Waals surface area contributed by atoms with Crippen molar-refractivity contribution in [2.24, 2.45) is 0 Å². The Balaban J connectivity index is 1.51. The summed E-state index contributed by atoms with van der Waals surface area (Å²) in [6.45, 7) is 8.30. The maximum atomic E-state index is 14.8. The molecular weight excluding hydrogens is 386 g/mol. The second-order valence-corrected chi connectivity index (χ2v) is 8.30. The van der Waals surface area contributed by atoms with Gasteiger partial charge in [-0.1, -0.05) is 12.1 Å². The molecule has 1 aliphatic heterocycles. The van der Waals surface area contributed by atoms with E-state index in [1.165, 1.54) is 6.07 Å². The molecule has 0 unspecified atom stereocenters. The average Bonchev–Trinajstić information content (AvgIpc) is 3.23. The van der Waals surface area contributed by atoms with Crippen LogP contribution in [0.5, 0.6) is 5.75 Å². The van der Waals surface area contributed by atoms with Crippen molar-refractivity contribution in [1.82, 2.24) is 19.7 Å². The van der Waals surface area contributed by atoms with Crippen molar-refractivity contribution < 1.29 is 18.4 Å². The van der Waals surface area contributed by atoms with E-state index in [9.17, 15) is 4.39 Å². The van der Waals surface area contributed by atoms with Crippen LogP contribution in [0, 0.1) is 5.82 Å². The number of aromatic nitrogens is 4. The highest BCUT2D eigenvalue weighted by Crippen LogP contribution is 2.36. The molecule has 0 radical (unpaired) electrons. The summed E-state index contributed by atoms with van der Waals surface area (Å²) in [6.07, 6.45) is 3.10. The molecule has 0 N–H and O–H groups in total. The molecule has 0 saturated carbocycles. The van der Waals surface area contributed by atoms with Gasteiger partial charge < -0.3 is 14.0 Å². The van der Waals surface area contributed by atoms with Gasteiger partial charge in [0.1, 0.15) is 17.8 Å². The normalized spacial score (nSPS) is 17.3. The molecule has 0 amide bonds. The van der Waals surface area contributed by atoms with Crippen LogP contribution in [0.3, 0.4) is 0 Å². The number of hydrogen-bond acceptors (Lipinski definition) is 6. The second kappa shape index (κ2) is 7.48. The predicted octanol–water partition coefficient (Wildman–Crippen LogP) is 2.84. The Morgan fingerprint density at radius 2 is 1.73 bits per heavy atom. The second-order valence-electron chi connectivity index (χ2n) is 8.30. The van der Waals surface area contributed by atoms with Crippen LogP contribution in [-0.2, 0) is 15.9 Å². The highest BCUT2D eigenvalue weighted by atomic mass is 19.1. The molecule has 4 rings (SSSR count). The van der Waals surface area contributed by atoms with Crippen LogP contribution in [0.15, 0.2) is 42.9 Å². The largest absolute Gasteiger partial charge is 0.497 e. The highest BCUT2D eigenvalue weighted by molar-refractivity contribution is 6.62. The lowest BCUT2D eigenvalue weighted by atomic mass is 9.80. The molecule has 0 aliphatic carbocycles. The van der Waals surface area contributed by atoms with E-state index in [2.05, 4.69) is 15.1 Å². The Morgan fingerprint density at radius 3 is 2.33 bits per heavy atom. The third-order valence-electron chi connectivity index (χ3n) is 5.64. The maximum Gasteiger partial charge on any atom is 0.496 e. The van der Waals surface area contributed by atoms with E-state index in [1.807, 2.05) is 52.0 Å². The van der Waals surface area contributed by atoms with E-state index >= 15 is 0 Å². The number of rotatable bonds is 5. The summed E-state index contributed by atoms with van der Waals surface area (Å²) in [4.78, 5) is 8.45. The standard InChI is InChI=1S/C21H24BFN4O3/c1-20(2)21(3,4)30-22(29-20)15-10-17(23)18(24-11-15)19-25-13-27(26-19)12-14-6-8-16(28-5)9-7-14/h6-11,13H,12H2,1-5H3. The molecule has 2 aromatic heterocycles.